The van der Waals surface area contributed by atoms with E-state index in [9.17, 15) is 4.79 Å². The Labute approximate surface area is 103 Å². The molecule has 0 saturated heterocycles. The molecule has 0 amide bonds. The van der Waals surface area contributed by atoms with E-state index < -0.39 is 5.97 Å². The Balaban J connectivity index is 2.84. The fourth-order valence-corrected chi connectivity index (χ4v) is 1.56. The molecule has 1 aromatic rings. The van der Waals surface area contributed by atoms with Crippen LogP contribution in [0.5, 0.6) is 0 Å². The van der Waals surface area contributed by atoms with Crippen molar-refractivity contribution in [3.8, 4) is 0 Å². The van der Waals surface area contributed by atoms with Gasteiger partial charge in [0.2, 0.25) is 0 Å². The minimum atomic E-state index is -0.391. The first-order chi connectivity index (χ1) is 8.06. The van der Waals surface area contributed by atoms with E-state index in [-0.39, 0.29) is 6.04 Å². The fourth-order valence-electron chi connectivity index (χ4n) is 1.56. The highest BCUT2D eigenvalue weighted by atomic mass is 16.5. The van der Waals surface area contributed by atoms with Crippen molar-refractivity contribution in [2.75, 3.05) is 14.1 Å². The third-order valence-corrected chi connectivity index (χ3v) is 2.82. The molecule has 17 heavy (non-hydrogen) atoms. The van der Waals surface area contributed by atoms with Crippen molar-refractivity contribution >= 4 is 5.97 Å². The molecule has 1 rings (SSSR count). The number of esters is 1. The average molecular weight is 233 g/mol. The molecule has 1 aromatic carbocycles. The van der Waals surface area contributed by atoms with Gasteiger partial charge in [-0.05, 0) is 32.1 Å². The Morgan fingerprint density at radius 2 is 2.12 bits per heavy atom. The van der Waals surface area contributed by atoms with Gasteiger partial charge in [-0.2, -0.15) is 0 Å². The van der Waals surface area contributed by atoms with Crippen molar-refractivity contribution < 1.29 is 9.53 Å². The van der Waals surface area contributed by atoms with Crippen molar-refractivity contribution in [3.05, 3.63) is 48.0 Å². The number of carbonyl (C=O) groups excluding carboxylic acids is 1. The summed E-state index contributed by atoms with van der Waals surface area (Å²) in [7, 11) is 4.05. The second-order valence-corrected chi connectivity index (χ2v) is 4.15. The van der Waals surface area contributed by atoms with Gasteiger partial charge in [0.05, 0.1) is 0 Å². The lowest BCUT2D eigenvalue weighted by Crippen LogP contribution is -2.18. The number of hydrogen-bond donors (Lipinski definition) is 0. The molecule has 0 N–H and O–H groups in total. The third-order valence-electron chi connectivity index (χ3n) is 2.82. The molecule has 92 valence electrons. The zero-order valence-corrected chi connectivity index (χ0v) is 10.6. The zero-order valence-electron chi connectivity index (χ0n) is 10.6. The smallest absolute Gasteiger partial charge is 0.330 e. The summed E-state index contributed by atoms with van der Waals surface area (Å²) in [6.45, 7) is 5.79. The molecule has 0 bridgehead atoms. The number of benzene rings is 1. The molecule has 0 spiro atoms. The first kappa shape index (κ1) is 13.5. The van der Waals surface area contributed by atoms with E-state index in [2.05, 4.69) is 24.5 Å². The van der Waals surface area contributed by atoms with Crippen molar-refractivity contribution in [2.45, 2.75) is 19.6 Å². The van der Waals surface area contributed by atoms with Crippen molar-refractivity contribution in [1.29, 1.82) is 0 Å². The van der Waals surface area contributed by atoms with Crippen molar-refractivity contribution in [3.63, 3.8) is 0 Å². The quantitative estimate of drug-likeness (QED) is 0.578. The summed E-state index contributed by atoms with van der Waals surface area (Å²) in [6, 6.07) is 8.26. The van der Waals surface area contributed by atoms with E-state index >= 15 is 0 Å². The van der Waals surface area contributed by atoms with Gasteiger partial charge in [-0.15, -0.1) is 0 Å². The molecule has 0 aliphatic carbocycles. The number of carbonyl (C=O) groups is 1. The van der Waals surface area contributed by atoms with Crippen LogP contribution in [0.2, 0.25) is 0 Å². The molecule has 1 unspecified atom stereocenters. The summed E-state index contributed by atoms with van der Waals surface area (Å²) in [6.07, 6.45) is 1.18. The molecule has 3 heteroatoms. The van der Waals surface area contributed by atoms with Gasteiger partial charge in [0, 0.05) is 12.1 Å². The van der Waals surface area contributed by atoms with Crippen LogP contribution in [0.3, 0.4) is 0 Å². The first-order valence-electron chi connectivity index (χ1n) is 5.59. The lowest BCUT2D eigenvalue weighted by atomic mass is 10.0. The van der Waals surface area contributed by atoms with Crippen molar-refractivity contribution in [2.24, 2.45) is 0 Å². The molecule has 0 fully saturated rings. The molecule has 3 nitrogen and oxygen atoms in total. The number of ether oxygens (including phenoxy) is 1. The Hall–Kier alpha value is -1.61. The molecule has 0 aliphatic rings. The van der Waals surface area contributed by atoms with E-state index in [1.54, 1.807) is 0 Å². The SMILES string of the molecule is C=CC(=O)OCc1ccccc1C(C)N(C)C. The maximum Gasteiger partial charge on any atom is 0.330 e. The molecule has 0 aromatic heterocycles. The maximum absolute atomic E-state index is 11.0. The van der Waals surface area contributed by atoms with E-state index in [1.165, 1.54) is 11.6 Å². The van der Waals surface area contributed by atoms with Crippen LogP contribution in [-0.2, 0) is 16.1 Å². The Kier molecular flexibility index (Phi) is 4.91. The zero-order chi connectivity index (χ0) is 12.8. The lowest BCUT2D eigenvalue weighted by Gasteiger charge is -2.22. The molecule has 0 radical (unpaired) electrons. The lowest BCUT2D eigenvalue weighted by molar-refractivity contribution is -0.139. The van der Waals surface area contributed by atoms with E-state index in [1.807, 2.05) is 32.3 Å². The number of rotatable bonds is 5. The van der Waals surface area contributed by atoms with Crippen LogP contribution in [-0.4, -0.2) is 25.0 Å². The standard InChI is InChI=1S/C14H19NO2/c1-5-14(16)17-10-12-8-6-7-9-13(12)11(2)15(3)4/h5-9,11H,1,10H2,2-4H3. The Bertz CT molecular complexity index is 399. The van der Waals surface area contributed by atoms with Crippen LogP contribution in [0, 0.1) is 0 Å². The van der Waals surface area contributed by atoms with Crippen LogP contribution in [0.25, 0.3) is 0 Å². The second kappa shape index (κ2) is 6.21. The molecule has 0 saturated carbocycles. The van der Waals surface area contributed by atoms with Crippen LogP contribution >= 0.6 is 0 Å². The number of hydrogen-bond acceptors (Lipinski definition) is 3. The van der Waals surface area contributed by atoms with Crippen molar-refractivity contribution in [1.82, 2.24) is 4.90 Å². The van der Waals surface area contributed by atoms with Crippen LogP contribution in [0.15, 0.2) is 36.9 Å². The predicted molar refractivity (Wildman–Crippen MR) is 68.5 cm³/mol. The largest absolute Gasteiger partial charge is 0.458 e. The maximum atomic E-state index is 11.0. The number of nitrogens with zero attached hydrogens (tertiary/aromatic N) is 1. The Morgan fingerprint density at radius 3 is 2.71 bits per heavy atom. The minimum absolute atomic E-state index is 0.286. The highest BCUT2D eigenvalue weighted by molar-refractivity contribution is 5.81. The van der Waals surface area contributed by atoms with Gasteiger partial charge in [0.15, 0.2) is 0 Å². The average Bonchev–Trinajstić information content (AvgIpc) is 2.35. The predicted octanol–water partition coefficient (Wildman–Crippen LogP) is 2.54. The second-order valence-electron chi connectivity index (χ2n) is 4.15. The van der Waals surface area contributed by atoms with Gasteiger partial charge in [0.1, 0.15) is 6.61 Å². The summed E-state index contributed by atoms with van der Waals surface area (Å²) in [5.74, 6) is -0.391. The van der Waals surface area contributed by atoms with Gasteiger partial charge >= 0.3 is 5.97 Å². The summed E-state index contributed by atoms with van der Waals surface area (Å²) in [5.41, 5.74) is 2.21. The first-order valence-corrected chi connectivity index (χ1v) is 5.59. The highest BCUT2D eigenvalue weighted by Gasteiger charge is 2.12. The van der Waals surface area contributed by atoms with Crippen LogP contribution in [0.4, 0.5) is 0 Å². The summed E-state index contributed by atoms with van der Waals surface area (Å²) >= 11 is 0. The molecule has 0 heterocycles. The van der Waals surface area contributed by atoms with E-state index in [4.69, 9.17) is 4.74 Å². The highest BCUT2D eigenvalue weighted by Crippen LogP contribution is 2.22. The monoisotopic (exact) mass is 233 g/mol. The third kappa shape index (κ3) is 3.71. The van der Waals surface area contributed by atoms with Gasteiger partial charge in [-0.25, -0.2) is 4.79 Å². The van der Waals surface area contributed by atoms with Gasteiger partial charge in [-0.3, -0.25) is 0 Å². The van der Waals surface area contributed by atoms with Crippen LogP contribution in [0.1, 0.15) is 24.1 Å². The molecule has 0 aliphatic heterocycles. The van der Waals surface area contributed by atoms with Crippen LogP contribution < -0.4 is 0 Å². The van der Waals surface area contributed by atoms with Gasteiger partial charge < -0.3 is 9.64 Å². The van der Waals surface area contributed by atoms with E-state index in [0.717, 1.165) is 5.56 Å². The van der Waals surface area contributed by atoms with E-state index in [0.29, 0.717) is 6.61 Å². The summed E-state index contributed by atoms with van der Waals surface area (Å²) in [5, 5.41) is 0. The Morgan fingerprint density at radius 1 is 1.47 bits per heavy atom. The topological polar surface area (TPSA) is 29.5 Å². The summed E-state index contributed by atoms with van der Waals surface area (Å²) in [4.78, 5) is 13.2. The fraction of sp³-hybridized carbons (Fsp3) is 0.357. The normalized spacial score (nSPS) is 12.2. The molecular formula is C14H19NO2. The molecular weight excluding hydrogens is 214 g/mol. The van der Waals surface area contributed by atoms with Gasteiger partial charge in [-0.1, -0.05) is 30.8 Å². The molecule has 1 atom stereocenters. The minimum Gasteiger partial charge on any atom is -0.458 e. The van der Waals surface area contributed by atoms with Gasteiger partial charge in [0.25, 0.3) is 0 Å². The summed E-state index contributed by atoms with van der Waals surface area (Å²) < 4.78 is 5.07.